The van der Waals surface area contributed by atoms with E-state index in [4.69, 9.17) is 0 Å². The Bertz CT molecular complexity index is 326. The van der Waals surface area contributed by atoms with Crippen LogP contribution in [0.25, 0.3) is 6.08 Å². The van der Waals surface area contributed by atoms with E-state index in [1.165, 1.54) is 12.0 Å². The van der Waals surface area contributed by atoms with Gasteiger partial charge in [-0.15, -0.1) is 0 Å². The predicted molar refractivity (Wildman–Crippen MR) is 63.4 cm³/mol. The van der Waals surface area contributed by atoms with E-state index in [0.717, 1.165) is 6.42 Å². The van der Waals surface area contributed by atoms with Gasteiger partial charge in [-0.3, -0.25) is 0 Å². The molecule has 1 saturated carbocycles. The summed E-state index contributed by atoms with van der Waals surface area (Å²) in [5.41, 5.74) is 1.26. The zero-order chi connectivity index (χ0) is 10.7. The molecule has 0 aliphatic heterocycles. The molecular weight excluding hydrogens is 184 g/mol. The normalized spacial score (nSPS) is 26.8. The standard InChI is InChI=1S/C14H18O/c1-11(15)9-14-10-13(14)8-7-12-5-3-2-4-6-12/h2-8,11,13-15H,9-10H2,1H3/b8-7+/t11-,13+,14-/m0/s1. The Kier molecular flexibility index (Phi) is 3.22. The van der Waals surface area contributed by atoms with E-state index in [1.807, 2.05) is 13.0 Å². The molecule has 0 saturated heterocycles. The van der Waals surface area contributed by atoms with E-state index in [-0.39, 0.29) is 6.10 Å². The Hall–Kier alpha value is -1.08. The van der Waals surface area contributed by atoms with E-state index in [2.05, 4.69) is 36.4 Å². The number of aliphatic hydroxyl groups is 1. The Morgan fingerprint density at radius 3 is 2.80 bits per heavy atom. The van der Waals surface area contributed by atoms with Gasteiger partial charge in [0.1, 0.15) is 0 Å². The van der Waals surface area contributed by atoms with Crippen molar-refractivity contribution in [3.8, 4) is 0 Å². The molecule has 1 N–H and O–H groups in total. The molecule has 1 aliphatic rings. The minimum Gasteiger partial charge on any atom is -0.393 e. The second kappa shape index (κ2) is 4.63. The molecule has 0 bridgehead atoms. The lowest BCUT2D eigenvalue weighted by molar-refractivity contribution is 0.176. The highest BCUT2D eigenvalue weighted by atomic mass is 16.3. The second-order valence-corrected chi connectivity index (χ2v) is 4.51. The fourth-order valence-electron chi connectivity index (χ4n) is 2.01. The summed E-state index contributed by atoms with van der Waals surface area (Å²) in [5.74, 6) is 1.41. The van der Waals surface area contributed by atoms with Crippen LogP contribution in [0.1, 0.15) is 25.3 Å². The minimum absolute atomic E-state index is 0.148. The maximum absolute atomic E-state index is 9.24. The van der Waals surface area contributed by atoms with Crippen molar-refractivity contribution in [2.75, 3.05) is 0 Å². The van der Waals surface area contributed by atoms with Crippen molar-refractivity contribution < 1.29 is 5.11 Å². The van der Waals surface area contributed by atoms with Crippen molar-refractivity contribution in [1.29, 1.82) is 0 Å². The topological polar surface area (TPSA) is 20.2 Å². The number of allylic oxidation sites excluding steroid dienone is 1. The summed E-state index contributed by atoms with van der Waals surface area (Å²) in [4.78, 5) is 0. The average molecular weight is 202 g/mol. The minimum atomic E-state index is -0.148. The highest BCUT2D eigenvalue weighted by Crippen LogP contribution is 2.43. The Morgan fingerprint density at radius 2 is 2.13 bits per heavy atom. The summed E-state index contributed by atoms with van der Waals surface area (Å²) in [6.45, 7) is 1.87. The Morgan fingerprint density at radius 1 is 1.40 bits per heavy atom. The van der Waals surface area contributed by atoms with Crippen molar-refractivity contribution in [1.82, 2.24) is 0 Å². The van der Waals surface area contributed by atoms with Crippen LogP contribution in [-0.2, 0) is 0 Å². The molecule has 0 unspecified atom stereocenters. The highest BCUT2D eigenvalue weighted by molar-refractivity contribution is 5.49. The number of benzene rings is 1. The highest BCUT2D eigenvalue weighted by Gasteiger charge is 2.34. The zero-order valence-electron chi connectivity index (χ0n) is 9.13. The molecule has 0 radical (unpaired) electrons. The molecule has 0 amide bonds. The summed E-state index contributed by atoms with van der Waals surface area (Å²) < 4.78 is 0. The van der Waals surface area contributed by atoms with Gasteiger partial charge in [-0.2, -0.15) is 0 Å². The first-order chi connectivity index (χ1) is 7.25. The lowest BCUT2D eigenvalue weighted by atomic mass is 10.1. The summed E-state index contributed by atoms with van der Waals surface area (Å²) >= 11 is 0. The van der Waals surface area contributed by atoms with Crippen LogP contribution in [0.3, 0.4) is 0 Å². The van der Waals surface area contributed by atoms with E-state index >= 15 is 0 Å². The maximum Gasteiger partial charge on any atom is 0.0515 e. The Labute approximate surface area is 91.4 Å². The van der Waals surface area contributed by atoms with Crippen LogP contribution in [0.4, 0.5) is 0 Å². The van der Waals surface area contributed by atoms with Gasteiger partial charge in [0.2, 0.25) is 0 Å². The van der Waals surface area contributed by atoms with Crippen LogP contribution in [0.5, 0.6) is 0 Å². The molecule has 1 aromatic rings. The fraction of sp³-hybridized carbons (Fsp3) is 0.429. The molecule has 1 fully saturated rings. The third kappa shape index (κ3) is 3.21. The third-order valence-electron chi connectivity index (χ3n) is 2.96. The molecule has 15 heavy (non-hydrogen) atoms. The first kappa shape index (κ1) is 10.4. The van der Waals surface area contributed by atoms with E-state index in [1.54, 1.807) is 0 Å². The SMILES string of the molecule is C[C@H](O)C[C@H]1C[C@H]1/C=C/c1ccccc1. The second-order valence-electron chi connectivity index (χ2n) is 4.51. The first-order valence-corrected chi connectivity index (χ1v) is 5.67. The van der Waals surface area contributed by atoms with Gasteiger partial charge in [-0.1, -0.05) is 42.5 Å². The molecular formula is C14H18O. The monoisotopic (exact) mass is 202 g/mol. The van der Waals surface area contributed by atoms with Crippen LogP contribution in [0.2, 0.25) is 0 Å². The van der Waals surface area contributed by atoms with Gasteiger partial charge in [0.25, 0.3) is 0 Å². The first-order valence-electron chi connectivity index (χ1n) is 5.67. The zero-order valence-corrected chi connectivity index (χ0v) is 9.13. The van der Waals surface area contributed by atoms with Gasteiger partial charge < -0.3 is 5.11 Å². The van der Waals surface area contributed by atoms with Gasteiger partial charge in [0.05, 0.1) is 6.10 Å². The molecule has 80 valence electrons. The molecule has 1 nitrogen and oxygen atoms in total. The van der Waals surface area contributed by atoms with E-state index in [9.17, 15) is 5.11 Å². The summed E-state index contributed by atoms with van der Waals surface area (Å²) in [7, 11) is 0. The van der Waals surface area contributed by atoms with Crippen LogP contribution < -0.4 is 0 Å². The van der Waals surface area contributed by atoms with Crippen molar-refractivity contribution in [3.63, 3.8) is 0 Å². The van der Waals surface area contributed by atoms with Gasteiger partial charge >= 0.3 is 0 Å². The predicted octanol–water partition coefficient (Wildman–Crippen LogP) is 3.11. The number of aliphatic hydroxyl groups excluding tert-OH is 1. The molecule has 2 rings (SSSR count). The van der Waals surface area contributed by atoms with Crippen molar-refractivity contribution in [2.24, 2.45) is 11.8 Å². The Balaban J connectivity index is 1.82. The smallest absolute Gasteiger partial charge is 0.0515 e. The molecule has 3 atom stereocenters. The molecule has 0 spiro atoms. The lowest BCUT2D eigenvalue weighted by Crippen LogP contribution is -2.00. The number of hydrogen-bond acceptors (Lipinski definition) is 1. The van der Waals surface area contributed by atoms with Gasteiger partial charge in [-0.25, -0.2) is 0 Å². The van der Waals surface area contributed by atoms with Crippen molar-refractivity contribution >= 4 is 6.08 Å². The quantitative estimate of drug-likeness (QED) is 0.795. The van der Waals surface area contributed by atoms with Gasteiger partial charge in [-0.05, 0) is 37.2 Å². The molecule has 0 aromatic heterocycles. The summed E-state index contributed by atoms with van der Waals surface area (Å²) in [6, 6.07) is 10.4. The molecule has 1 aliphatic carbocycles. The fourth-order valence-corrected chi connectivity index (χ4v) is 2.01. The van der Waals surface area contributed by atoms with E-state index < -0.39 is 0 Å². The van der Waals surface area contributed by atoms with Crippen molar-refractivity contribution in [3.05, 3.63) is 42.0 Å². The average Bonchev–Trinajstić information content (AvgIpc) is 2.94. The van der Waals surface area contributed by atoms with Crippen LogP contribution in [-0.4, -0.2) is 11.2 Å². The van der Waals surface area contributed by atoms with Crippen LogP contribution >= 0.6 is 0 Å². The lowest BCUT2D eigenvalue weighted by Gasteiger charge is -2.00. The molecule has 0 heterocycles. The van der Waals surface area contributed by atoms with Gasteiger partial charge in [0, 0.05) is 0 Å². The molecule has 1 heteroatoms. The summed E-state index contributed by atoms with van der Waals surface area (Å²) in [6.07, 6.45) is 6.51. The third-order valence-corrected chi connectivity index (χ3v) is 2.96. The number of rotatable bonds is 4. The van der Waals surface area contributed by atoms with Crippen LogP contribution in [0.15, 0.2) is 36.4 Å². The maximum atomic E-state index is 9.24. The number of hydrogen-bond donors (Lipinski definition) is 1. The van der Waals surface area contributed by atoms with E-state index in [0.29, 0.717) is 11.8 Å². The van der Waals surface area contributed by atoms with Crippen molar-refractivity contribution in [2.45, 2.75) is 25.9 Å². The largest absolute Gasteiger partial charge is 0.393 e. The summed E-state index contributed by atoms with van der Waals surface area (Å²) in [5, 5.41) is 9.24. The molecule has 1 aromatic carbocycles. The van der Waals surface area contributed by atoms with Gasteiger partial charge in [0.15, 0.2) is 0 Å². The van der Waals surface area contributed by atoms with Crippen LogP contribution in [0, 0.1) is 11.8 Å².